The molecule has 1 saturated heterocycles. The summed E-state index contributed by atoms with van der Waals surface area (Å²) in [6.07, 6.45) is 5.22. The largest absolute Gasteiger partial charge is 0.361 e. The maximum absolute atomic E-state index is 13.0. The number of carbonyl (C=O) groups excluding carboxylic acids is 1. The number of likely N-dealkylation sites (tertiary alicyclic amines) is 1. The molecule has 0 spiro atoms. The highest BCUT2D eigenvalue weighted by Gasteiger charge is 2.36. The number of hydrogen-bond donors (Lipinski definition) is 0. The minimum atomic E-state index is -0.0693. The van der Waals surface area contributed by atoms with E-state index in [2.05, 4.69) is 37.1 Å². The minimum absolute atomic E-state index is 0.0693. The zero-order valence-electron chi connectivity index (χ0n) is 20.1. The van der Waals surface area contributed by atoms with Crippen LogP contribution < -0.4 is 0 Å². The highest BCUT2D eigenvalue weighted by atomic mass is 16.5. The molecule has 1 fully saturated rings. The van der Waals surface area contributed by atoms with Crippen molar-refractivity contribution in [1.82, 2.24) is 19.8 Å². The summed E-state index contributed by atoms with van der Waals surface area (Å²) in [5.41, 5.74) is 4.96. The summed E-state index contributed by atoms with van der Waals surface area (Å²) in [4.78, 5) is 15.1. The molecule has 1 amide bonds. The lowest BCUT2D eigenvalue weighted by Crippen LogP contribution is -2.42. The lowest BCUT2D eigenvalue weighted by molar-refractivity contribution is -0.136. The van der Waals surface area contributed by atoms with Gasteiger partial charge in [0.05, 0.1) is 23.9 Å². The first-order valence-corrected chi connectivity index (χ1v) is 11.9. The third kappa shape index (κ3) is 4.58. The van der Waals surface area contributed by atoms with Crippen LogP contribution >= 0.6 is 0 Å². The molecule has 6 heteroatoms. The topological polar surface area (TPSA) is 64.2 Å². The predicted molar refractivity (Wildman–Crippen MR) is 121 cm³/mol. The van der Waals surface area contributed by atoms with Crippen LogP contribution in [0.2, 0.25) is 0 Å². The summed E-state index contributed by atoms with van der Waals surface area (Å²) in [5.74, 6) is 2.32. The average Bonchev–Trinajstić information content (AvgIpc) is 3.28. The van der Waals surface area contributed by atoms with E-state index in [4.69, 9.17) is 4.52 Å². The van der Waals surface area contributed by atoms with E-state index in [0.717, 1.165) is 55.9 Å². The highest BCUT2D eigenvalue weighted by molar-refractivity contribution is 5.78. The van der Waals surface area contributed by atoms with Crippen LogP contribution in [0.25, 0.3) is 0 Å². The fourth-order valence-corrected chi connectivity index (χ4v) is 5.36. The molecule has 170 valence electrons. The highest BCUT2D eigenvalue weighted by Crippen LogP contribution is 2.41. The number of fused-ring (bicyclic) bond motifs is 1. The molecule has 6 nitrogen and oxygen atoms in total. The molecule has 2 aromatic rings. The molecule has 0 N–H and O–H groups in total. The Balaban J connectivity index is 1.37. The molecule has 0 bridgehead atoms. The average molecular weight is 427 g/mol. The van der Waals surface area contributed by atoms with Gasteiger partial charge in [-0.2, -0.15) is 5.10 Å². The van der Waals surface area contributed by atoms with Crippen LogP contribution in [0.5, 0.6) is 0 Å². The van der Waals surface area contributed by atoms with E-state index in [9.17, 15) is 4.79 Å². The van der Waals surface area contributed by atoms with E-state index >= 15 is 0 Å². The van der Waals surface area contributed by atoms with Crippen molar-refractivity contribution in [3.63, 3.8) is 0 Å². The number of amides is 1. The predicted octanol–water partition coefficient (Wildman–Crippen LogP) is 4.68. The molecule has 0 radical (unpaired) electrons. The van der Waals surface area contributed by atoms with Crippen molar-refractivity contribution in [2.75, 3.05) is 13.1 Å². The Morgan fingerprint density at radius 3 is 2.55 bits per heavy atom. The first-order valence-electron chi connectivity index (χ1n) is 11.9. The van der Waals surface area contributed by atoms with Crippen LogP contribution in [0, 0.1) is 31.1 Å². The van der Waals surface area contributed by atoms with Crippen LogP contribution in [0.1, 0.15) is 81.3 Å². The van der Waals surface area contributed by atoms with E-state index < -0.39 is 0 Å². The van der Waals surface area contributed by atoms with E-state index in [-0.39, 0.29) is 11.8 Å². The SMILES string of the molecule is Cc1cc(C)n(C[C@@H](C)C(=O)N2CCC(c3onc4c3C[C@H](C(C)(C)C)CC4)CC2)n1. The third-order valence-corrected chi connectivity index (χ3v) is 7.45. The van der Waals surface area contributed by atoms with Crippen molar-refractivity contribution in [1.29, 1.82) is 0 Å². The molecule has 1 aliphatic heterocycles. The zero-order chi connectivity index (χ0) is 22.3. The number of piperidine rings is 1. The third-order valence-electron chi connectivity index (χ3n) is 7.45. The molecule has 2 aliphatic rings. The lowest BCUT2D eigenvalue weighted by atomic mass is 9.71. The fraction of sp³-hybridized carbons (Fsp3) is 0.720. The maximum Gasteiger partial charge on any atom is 0.227 e. The monoisotopic (exact) mass is 426 g/mol. The Kier molecular flexibility index (Phi) is 6.01. The second-order valence-electron chi connectivity index (χ2n) is 10.9. The van der Waals surface area contributed by atoms with Gasteiger partial charge in [0.15, 0.2) is 0 Å². The zero-order valence-corrected chi connectivity index (χ0v) is 20.1. The molecule has 2 aromatic heterocycles. The second-order valence-corrected chi connectivity index (χ2v) is 10.9. The smallest absolute Gasteiger partial charge is 0.227 e. The number of nitrogens with zero attached hydrogens (tertiary/aromatic N) is 4. The van der Waals surface area contributed by atoms with Crippen molar-refractivity contribution in [3.8, 4) is 0 Å². The number of carbonyl (C=O) groups is 1. The van der Waals surface area contributed by atoms with Gasteiger partial charge in [-0.15, -0.1) is 0 Å². The lowest BCUT2D eigenvalue weighted by Gasteiger charge is -2.35. The summed E-state index contributed by atoms with van der Waals surface area (Å²) >= 11 is 0. The Bertz CT molecular complexity index is 928. The van der Waals surface area contributed by atoms with Gasteiger partial charge in [-0.1, -0.05) is 32.9 Å². The van der Waals surface area contributed by atoms with Crippen molar-refractivity contribution >= 4 is 5.91 Å². The summed E-state index contributed by atoms with van der Waals surface area (Å²) < 4.78 is 7.85. The van der Waals surface area contributed by atoms with Gasteiger partial charge >= 0.3 is 0 Å². The molecule has 31 heavy (non-hydrogen) atoms. The van der Waals surface area contributed by atoms with Crippen LogP contribution in [-0.4, -0.2) is 38.8 Å². The summed E-state index contributed by atoms with van der Waals surface area (Å²) in [6, 6.07) is 2.06. The van der Waals surface area contributed by atoms with Gasteiger partial charge in [-0.3, -0.25) is 9.48 Å². The van der Waals surface area contributed by atoms with E-state index in [1.807, 2.05) is 30.4 Å². The molecule has 0 aromatic carbocycles. The quantitative estimate of drug-likeness (QED) is 0.712. The van der Waals surface area contributed by atoms with Gasteiger partial charge < -0.3 is 9.42 Å². The Hall–Kier alpha value is -2.11. The van der Waals surface area contributed by atoms with E-state index in [1.165, 1.54) is 17.7 Å². The number of rotatable bonds is 4. The number of aromatic nitrogens is 3. The van der Waals surface area contributed by atoms with Gasteiger partial charge in [0.2, 0.25) is 5.91 Å². The van der Waals surface area contributed by atoms with Gasteiger partial charge in [-0.05, 0) is 63.4 Å². The standard InChI is InChI=1S/C25H38N4O2/c1-16(15-29-18(3)13-17(2)26-29)24(30)28-11-9-19(10-12-28)23-21-14-20(25(4,5)6)7-8-22(21)27-31-23/h13,16,19-20H,7-12,14-15H2,1-6H3/t16-,20-/m1/s1. The van der Waals surface area contributed by atoms with Crippen LogP contribution in [-0.2, 0) is 24.2 Å². The van der Waals surface area contributed by atoms with Crippen molar-refractivity contribution < 1.29 is 9.32 Å². The van der Waals surface area contributed by atoms with Crippen molar-refractivity contribution in [3.05, 3.63) is 34.5 Å². The summed E-state index contributed by atoms with van der Waals surface area (Å²) in [5, 5.41) is 8.94. The molecule has 4 rings (SSSR count). The normalized spacial score (nSPS) is 21.2. The van der Waals surface area contributed by atoms with Gasteiger partial charge in [-0.25, -0.2) is 0 Å². The fourth-order valence-electron chi connectivity index (χ4n) is 5.36. The van der Waals surface area contributed by atoms with Crippen LogP contribution in [0.15, 0.2) is 10.6 Å². The number of aryl methyl sites for hydroxylation is 3. The van der Waals surface area contributed by atoms with Gasteiger partial charge in [0, 0.05) is 30.3 Å². The Labute approximate surface area is 186 Å². The number of hydrogen-bond acceptors (Lipinski definition) is 4. The van der Waals surface area contributed by atoms with E-state index in [1.54, 1.807) is 0 Å². The second kappa shape index (κ2) is 8.44. The minimum Gasteiger partial charge on any atom is -0.361 e. The molecule has 0 unspecified atom stereocenters. The molecule has 2 atom stereocenters. The van der Waals surface area contributed by atoms with E-state index in [0.29, 0.717) is 23.8 Å². The van der Waals surface area contributed by atoms with Crippen molar-refractivity contribution in [2.45, 2.75) is 86.1 Å². The maximum atomic E-state index is 13.0. The van der Waals surface area contributed by atoms with Crippen molar-refractivity contribution in [2.24, 2.45) is 17.3 Å². The Morgan fingerprint density at radius 1 is 1.23 bits per heavy atom. The van der Waals surface area contributed by atoms with Crippen LogP contribution in [0.4, 0.5) is 0 Å². The molecular formula is C25H38N4O2. The summed E-state index contributed by atoms with van der Waals surface area (Å²) in [6.45, 7) is 15.3. The first-order chi connectivity index (χ1) is 14.6. The Morgan fingerprint density at radius 2 is 1.94 bits per heavy atom. The van der Waals surface area contributed by atoms with Gasteiger partial charge in [0.25, 0.3) is 0 Å². The first kappa shape index (κ1) is 22.1. The molecule has 3 heterocycles. The molecule has 1 aliphatic carbocycles. The molecule has 0 saturated carbocycles. The van der Waals surface area contributed by atoms with Crippen LogP contribution in [0.3, 0.4) is 0 Å². The molecular weight excluding hydrogens is 388 g/mol. The van der Waals surface area contributed by atoms with Gasteiger partial charge in [0.1, 0.15) is 5.76 Å². The summed E-state index contributed by atoms with van der Waals surface area (Å²) in [7, 11) is 0.